The highest BCUT2D eigenvalue weighted by atomic mass is 32.2. The van der Waals surface area contributed by atoms with Crippen LogP contribution in [-0.4, -0.2) is 83.2 Å². The molecule has 0 saturated heterocycles. The Kier molecular flexibility index (Phi) is 14.5. The van der Waals surface area contributed by atoms with Crippen LogP contribution in [0.5, 0.6) is 0 Å². The number of carbonyl (C=O) groups is 4. The molecule has 0 fully saturated rings. The van der Waals surface area contributed by atoms with Crippen LogP contribution < -0.4 is 33.2 Å². The SMILES string of the molecule is CSCCC(NC(=O)C(C)NC(=O)C(CCCN=C(N)N)NC(=O)C(N)CS)C(=O)O. The number of nitrogens with zero attached hydrogens (tertiary/aromatic N) is 1. The number of carbonyl (C=O) groups excluding carboxylic acids is 3. The Morgan fingerprint density at radius 2 is 1.65 bits per heavy atom. The molecule has 0 rings (SSSR count). The first-order chi connectivity index (χ1) is 14.5. The van der Waals surface area contributed by atoms with Gasteiger partial charge in [-0.15, -0.1) is 0 Å². The van der Waals surface area contributed by atoms with E-state index in [1.165, 1.54) is 18.7 Å². The number of aliphatic carboxylic acids is 1. The number of thiol groups is 1. The molecule has 0 radical (unpaired) electrons. The summed E-state index contributed by atoms with van der Waals surface area (Å²) in [7, 11) is 0. The number of nitrogens with two attached hydrogens (primary N) is 3. The van der Waals surface area contributed by atoms with Gasteiger partial charge >= 0.3 is 5.97 Å². The predicted molar refractivity (Wildman–Crippen MR) is 124 cm³/mol. The van der Waals surface area contributed by atoms with E-state index in [4.69, 9.17) is 17.2 Å². The number of carboxylic acids is 1. The van der Waals surface area contributed by atoms with Crippen molar-refractivity contribution >= 4 is 54.0 Å². The summed E-state index contributed by atoms with van der Waals surface area (Å²) in [5, 5.41) is 16.6. The Morgan fingerprint density at radius 1 is 1.03 bits per heavy atom. The molecule has 4 unspecified atom stereocenters. The second-order valence-corrected chi connectivity index (χ2v) is 8.06. The zero-order chi connectivity index (χ0) is 24.0. The zero-order valence-corrected chi connectivity index (χ0v) is 19.4. The topological polar surface area (TPSA) is 215 Å². The number of amides is 3. The third kappa shape index (κ3) is 12.3. The van der Waals surface area contributed by atoms with Crippen molar-refractivity contribution < 1.29 is 24.3 Å². The number of nitrogens with one attached hydrogen (secondary N) is 3. The van der Waals surface area contributed by atoms with Gasteiger partial charge in [0, 0.05) is 12.3 Å². The molecule has 0 aromatic carbocycles. The van der Waals surface area contributed by atoms with Crippen molar-refractivity contribution in [2.24, 2.45) is 22.2 Å². The minimum Gasteiger partial charge on any atom is -0.480 e. The molecule has 178 valence electrons. The fourth-order valence-corrected chi connectivity index (χ4v) is 2.94. The lowest BCUT2D eigenvalue weighted by Crippen LogP contribution is -2.56. The number of aliphatic imine (C=N–C) groups is 1. The molecule has 3 amide bonds. The van der Waals surface area contributed by atoms with Crippen molar-refractivity contribution in [3.8, 4) is 0 Å². The largest absolute Gasteiger partial charge is 0.480 e. The van der Waals surface area contributed by atoms with Crippen LogP contribution in [0.15, 0.2) is 4.99 Å². The Hall–Kier alpha value is -2.19. The van der Waals surface area contributed by atoms with Gasteiger partial charge in [-0.05, 0) is 38.2 Å². The third-order valence-corrected chi connectivity index (χ3v) is 5.13. The summed E-state index contributed by atoms with van der Waals surface area (Å²) >= 11 is 5.41. The first-order valence-corrected chi connectivity index (χ1v) is 11.6. The number of hydrogen-bond acceptors (Lipinski definition) is 8. The molecule has 0 aliphatic heterocycles. The highest BCUT2D eigenvalue weighted by Gasteiger charge is 2.27. The van der Waals surface area contributed by atoms with Crippen LogP contribution in [0.2, 0.25) is 0 Å². The second kappa shape index (κ2) is 15.6. The quantitative estimate of drug-likeness (QED) is 0.0543. The molecule has 0 saturated carbocycles. The van der Waals surface area contributed by atoms with Crippen molar-refractivity contribution in [1.29, 1.82) is 0 Å². The molecular formula is C17H33N7O5S2. The van der Waals surface area contributed by atoms with E-state index in [2.05, 4.69) is 33.6 Å². The number of guanidine groups is 1. The van der Waals surface area contributed by atoms with Crippen LogP contribution in [0.1, 0.15) is 26.2 Å². The van der Waals surface area contributed by atoms with E-state index in [0.29, 0.717) is 12.2 Å². The first kappa shape index (κ1) is 28.8. The minimum atomic E-state index is -1.16. The average Bonchev–Trinajstić information content (AvgIpc) is 2.71. The van der Waals surface area contributed by atoms with Gasteiger partial charge in [-0.1, -0.05) is 0 Å². The van der Waals surface area contributed by atoms with Gasteiger partial charge in [0.25, 0.3) is 0 Å². The van der Waals surface area contributed by atoms with Crippen molar-refractivity contribution in [3.05, 3.63) is 0 Å². The fraction of sp³-hybridized carbons (Fsp3) is 0.706. The van der Waals surface area contributed by atoms with Gasteiger partial charge in [-0.2, -0.15) is 24.4 Å². The third-order valence-electron chi connectivity index (χ3n) is 4.09. The Balaban J connectivity index is 5.05. The van der Waals surface area contributed by atoms with E-state index >= 15 is 0 Å². The Bertz CT molecular complexity index is 646. The standard InChI is InChI=1S/C17H33N7O5S2/c1-9(13(25)24-12(16(28)29)5-7-31-2)22-15(27)11(4-3-6-21-17(19)20)23-14(26)10(18)8-30/h9-12,30H,3-8,18H2,1-2H3,(H,22,27)(H,23,26)(H,24,25)(H,28,29)(H4,19,20,21). The van der Waals surface area contributed by atoms with Crippen LogP contribution >= 0.6 is 24.4 Å². The van der Waals surface area contributed by atoms with Crippen LogP contribution in [0.25, 0.3) is 0 Å². The normalized spacial score (nSPS) is 14.5. The van der Waals surface area contributed by atoms with Crippen LogP contribution in [0.4, 0.5) is 0 Å². The molecule has 0 aromatic rings. The first-order valence-electron chi connectivity index (χ1n) is 9.58. The van der Waals surface area contributed by atoms with E-state index in [0.717, 1.165) is 0 Å². The maximum absolute atomic E-state index is 12.7. The number of hydrogen-bond donors (Lipinski definition) is 8. The van der Waals surface area contributed by atoms with E-state index in [1.54, 1.807) is 0 Å². The highest BCUT2D eigenvalue weighted by molar-refractivity contribution is 7.98. The number of carboxylic acid groups (broad SMARTS) is 1. The summed E-state index contributed by atoms with van der Waals surface area (Å²) < 4.78 is 0. The van der Waals surface area contributed by atoms with Gasteiger partial charge in [0.15, 0.2) is 5.96 Å². The summed E-state index contributed by atoms with van der Waals surface area (Å²) in [6.07, 6.45) is 2.63. The van der Waals surface area contributed by atoms with Gasteiger partial charge in [-0.25, -0.2) is 4.79 Å². The van der Waals surface area contributed by atoms with Gasteiger partial charge < -0.3 is 38.3 Å². The lowest BCUT2D eigenvalue weighted by atomic mass is 10.1. The highest BCUT2D eigenvalue weighted by Crippen LogP contribution is 2.03. The summed E-state index contributed by atoms with van der Waals surface area (Å²) in [5.74, 6) is -2.47. The minimum absolute atomic E-state index is 0.0829. The lowest BCUT2D eigenvalue weighted by molar-refractivity contribution is -0.142. The molecular weight excluding hydrogens is 446 g/mol. The summed E-state index contributed by atoms with van der Waals surface area (Å²) in [6.45, 7) is 1.66. The summed E-state index contributed by atoms with van der Waals surface area (Å²) in [6, 6.07) is -4.00. The van der Waals surface area contributed by atoms with E-state index in [-0.39, 0.29) is 31.1 Å². The van der Waals surface area contributed by atoms with Gasteiger partial charge in [0.05, 0.1) is 6.04 Å². The summed E-state index contributed by atoms with van der Waals surface area (Å²) in [4.78, 5) is 52.2. The van der Waals surface area contributed by atoms with Crippen molar-refractivity contribution in [2.75, 3.05) is 24.3 Å². The molecule has 31 heavy (non-hydrogen) atoms. The monoisotopic (exact) mass is 479 g/mol. The molecule has 0 spiro atoms. The smallest absolute Gasteiger partial charge is 0.326 e. The Labute approximate surface area is 191 Å². The number of rotatable bonds is 15. The molecule has 12 nitrogen and oxygen atoms in total. The molecule has 0 aromatic heterocycles. The van der Waals surface area contributed by atoms with E-state index in [9.17, 15) is 24.3 Å². The van der Waals surface area contributed by atoms with E-state index < -0.39 is 47.9 Å². The maximum Gasteiger partial charge on any atom is 0.326 e. The zero-order valence-electron chi connectivity index (χ0n) is 17.7. The molecule has 0 aliphatic rings. The predicted octanol–water partition coefficient (Wildman–Crippen LogP) is -2.39. The molecule has 14 heteroatoms. The van der Waals surface area contributed by atoms with Crippen LogP contribution in [-0.2, 0) is 19.2 Å². The van der Waals surface area contributed by atoms with Crippen LogP contribution in [0.3, 0.4) is 0 Å². The fourth-order valence-electron chi connectivity index (χ4n) is 2.30. The molecule has 0 bridgehead atoms. The molecule has 0 aliphatic carbocycles. The maximum atomic E-state index is 12.7. The Morgan fingerprint density at radius 3 is 2.16 bits per heavy atom. The van der Waals surface area contributed by atoms with Crippen molar-refractivity contribution in [3.63, 3.8) is 0 Å². The molecule has 0 heterocycles. The van der Waals surface area contributed by atoms with Crippen molar-refractivity contribution in [2.45, 2.75) is 50.4 Å². The summed E-state index contributed by atoms with van der Waals surface area (Å²) in [5.41, 5.74) is 16.2. The second-order valence-electron chi connectivity index (χ2n) is 6.71. The molecule has 10 N–H and O–H groups in total. The van der Waals surface area contributed by atoms with E-state index in [1.807, 2.05) is 6.26 Å². The van der Waals surface area contributed by atoms with Crippen LogP contribution in [0, 0.1) is 0 Å². The molecule has 4 atom stereocenters. The van der Waals surface area contributed by atoms with Crippen molar-refractivity contribution in [1.82, 2.24) is 16.0 Å². The average molecular weight is 480 g/mol. The van der Waals surface area contributed by atoms with Gasteiger partial charge in [0.1, 0.15) is 18.1 Å². The lowest BCUT2D eigenvalue weighted by Gasteiger charge is -2.23. The van der Waals surface area contributed by atoms with Gasteiger partial charge in [0.2, 0.25) is 17.7 Å². The number of thioether (sulfide) groups is 1. The van der Waals surface area contributed by atoms with Gasteiger partial charge in [-0.3, -0.25) is 19.4 Å².